The average molecular weight is 380 g/mol. The molecule has 2 aromatic carbocycles. The minimum Gasteiger partial charge on any atom is -0.490 e. The van der Waals surface area contributed by atoms with E-state index in [4.69, 9.17) is 18.6 Å². The van der Waals surface area contributed by atoms with Gasteiger partial charge in [0.1, 0.15) is 11.3 Å². The highest BCUT2D eigenvalue weighted by molar-refractivity contribution is 5.98. The van der Waals surface area contributed by atoms with Crippen molar-refractivity contribution in [2.24, 2.45) is 0 Å². The minimum absolute atomic E-state index is 0.136. The molecule has 0 bridgehead atoms. The van der Waals surface area contributed by atoms with E-state index in [1.807, 2.05) is 13.0 Å². The Labute approximate surface area is 161 Å². The maximum Gasteiger partial charge on any atom is 0.336 e. The van der Waals surface area contributed by atoms with Crippen LogP contribution in [0, 0.1) is 0 Å². The Morgan fingerprint density at radius 2 is 1.86 bits per heavy atom. The van der Waals surface area contributed by atoms with E-state index in [2.05, 4.69) is 0 Å². The van der Waals surface area contributed by atoms with Crippen LogP contribution in [0.1, 0.15) is 29.3 Å². The molecule has 144 valence electrons. The number of rotatable bonds is 5. The minimum atomic E-state index is -0.398. The van der Waals surface area contributed by atoms with Gasteiger partial charge in [-0.1, -0.05) is 6.92 Å². The first kappa shape index (κ1) is 18.1. The van der Waals surface area contributed by atoms with Crippen LogP contribution in [0.3, 0.4) is 0 Å². The molecule has 6 heteroatoms. The van der Waals surface area contributed by atoms with E-state index in [0.717, 1.165) is 23.8 Å². The van der Waals surface area contributed by atoms with E-state index >= 15 is 0 Å². The van der Waals surface area contributed by atoms with E-state index < -0.39 is 5.63 Å². The van der Waals surface area contributed by atoms with Crippen LogP contribution in [0.5, 0.6) is 17.2 Å². The summed E-state index contributed by atoms with van der Waals surface area (Å²) in [5.41, 5.74) is 1.46. The monoisotopic (exact) mass is 380 g/mol. The Kier molecular flexibility index (Phi) is 5.02. The van der Waals surface area contributed by atoms with Gasteiger partial charge in [0.2, 0.25) is 0 Å². The number of hydrogen-bond donors (Lipinski definition) is 0. The predicted octanol–water partition coefficient (Wildman–Crippen LogP) is 3.78. The second-order valence-electron chi connectivity index (χ2n) is 6.53. The standard InChI is InChI=1S/C22H20O6/c1-2-14-11-22(24)28-20-12-16(5-6-17(14)20)27-13-18(23)15-4-7-19-21(10-15)26-9-3-8-25-19/h4-7,10-12H,2-3,8-9,13H2,1H3. The Hall–Kier alpha value is -3.28. The van der Waals surface area contributed by atoms with Crippen LogP contribution in [0.25, 0.3) is 11.0 Å². The summed E-state index contributed by atoms with van der Waals surface area (Å²) < 4.78 is 22.1. The van der Waals surface area contributed by atoms with Crippen LogP contribution in [-0.2, 0) is 6.42 Å². The third kappa shape index (κ3) is 3.71. The van der Waals surface area contributed by atoms with Crippen molar-refractivity contribution in [2.75, 3.05) is 19.8 Å². The molecule has 1 aliphatic heterocycles. The van der Waals surface area contributed by atoms with Crippen molar-refractivity contribution in [3.05, 3.63) is 64.0 Å². The number of carbonyl (C=O) groups excluding carboxylic acids is 1. The van der Waals surface area contributed by atoms with Gasteiger partial charge in [-0.15, -0.1) is 0 Å². The van der Waals surface area contributed by atoms with Crippen LogP contribution in [0.2, 0.25) is 0 Å². The number of ether oxygens (including phenoxy) is 3. The molecular formula is C22H20O6. The number of Topliss-reactive ketones (excluding diaryl/α,β-unsaturated/α-hetero) is 1. The van der Waals surface area contributed by atoms with E-state index in [9.17, 15) is 9.59 Å². The largest absolute Gasteiger partial charge is 0.490 e. The molecule has 0 saturated carbocycles. The fourth-order valence-corrected chi connectivity index (χ4v) is 3.16. The summed E-state index contributed by atoms with van der Waals surface area (Å²) >= 11 is 0. The highest BCUT2D eigenvalue weighted by atomic mass is 16.5. The van der Waals surface area contributed by atoms with Crippen molar-refractivity contribution in [3.8, 4) is 17.2 Å². The Morgan fingerprint density at radius 1 is 1.04 bits per heavy atom. The van der Waals surface area contributed by atoms with Gasteiger partial charge >= 0.3 is 5.63 Å². The normalized spacial score (nSPS) is 13.2. The predicted molar refractivity (Wildman–Crippen MR) is 104 cm³/mol. The summed E-state index contributed by atoms with van der Waals surface area (Å²) in [5, 5.41) is 0.865. The molecular weight excluding hydrogens is 360 g/mol. The number of hydrogen-bond acceptors (Lipinski definition) is 6. The Morgan fingerprint density at radius 3 is 2.68 bits per heavy atom. The van der Waals surface area contributed by atoms with Gasteiger partial charge in [-0.3, -0.25) is 4.79 Å². The van der Waals surface area contributed by atoms with Crippen LogP contribution < -0.4 is 19.8 Å². The summed E-state index contributed by atoms with van der Waals surface area (Å²) in [6, 6.07) is 11.9. The zero-order chi connectivity index (χ0) is 19.5. The molecule has 0 spiro atoms. The first-order valence-electron chi connectivity index (χ1n) is 9.26. The molecule has 4 rings (SSSR count). The van der Waals surface area contributed by atoms with Gasteiger partial charge in [0.05, 0.1) is 13.2 Å². The lowest BCUT2D eigenvalue weighted by molar-refractivity contribution is 0.0921. The Bertz CT molecular complexity index is 1080. The summed E-state index contributed by atoms with van der Waals surface area (Å²) in [6.07, 6.45) is 1.53. The molecule has 0 N–H and O–H groups in total. The number of ketones is 1. The lowest BCUT2D eigenvalue weighted by atomic mass is 10.1. The third-order valence-electron chi connectivity index (χ3n) is 4.62. The van der Waals surface area contributed by atoms with Gasteiger partial charge in [-0.05, 0) is 42.3 Å². The molecule has 2 heterocycles. The second kappa shape index (κ2) is 7.76. The third-order valence-corrected chi connectivity index (χ3v) is 4.62. The van der Waals surface area contributed by atoms with Gasteiger partial charge in [-0.2, -0.15) is 0 Å². The van der Waals surface area contributed by atoms with Crippen LogP contribution in [-0.4, -0.2) is 25.6 Å². The molecule has 0 radical (unpaired) electrons. The maximum absolute atomic E-state index is 12.5. The van der Waals surface area contributed by atoms with E-state index in [0.29, 0.717) is 41.6 Å². The smallest absolute Gasteiger partial charge is 0.336 e. The van der Waals surface area contributed by atoms with Crippen molar-refractivity contribution in [1.82, 2.24) is 0 Å². The van der Waals surface area contributed by atoms with Crippen molar-refractivity contribution < 1.29 is 23.4 Å². The quantitative estimate of drug-likeness (QED) is 0.495. The van der Waals surface area contributed by atoms with Crippen LogP contribution in [0.15, 0.2) is 51.7 Å². The average Bonchev–Trinajstić information content (AvgIpc) is 2.95. The van der Waals surface area contributed by atoms with E-state index in [1.165, 1.54) is 6.07 Å². The van der Waals surface area contributed by atoms with Gasteiger partial charge in [0.15, 0.2) is 23.9 Å². The van der Waals surface area contributed by atoms with Crippen LogP contribution >= 0.6 is 0 Å². The molecule has 1 aliphatic rings. The van der Waals surface area contributed by atoms with Gasteiger partial charge in [-0.25, -0.2) is 4.79 Å². The summed E-state index contributed by atoms with van der Waals surface area (Å²) in [4.78, 5) is 24.2. The maximum atomic E-state index is 12.5. The second-order valence-corrected chi connectivity index (χ2v) is 6.53. The van der Waals surface area contributed by atoms with Crippen molar-refractivity contribution in [3.63, 3.8) is 0 Å². The van der Waals surface area contributed by atoms with Gasteiger partial charge < -0.3 is 18.6 Å². The lowest BCUT2D eigenvalue weighted by Crippen LogP contribution is -2.12. The fourth-order valence-electron chi connectivity index (χ4n) is 3.16. The number of aryl methyl sites for hydroxylation is 1. The van der Waals surface area contributed by atoms with Crippen molar-refractivity contribution >= 4 is 16.8 Å². The SMILES string of the molecule is CCc1cc(=O)oc2cc(OCC(=O)c3ccc4c(c3)OCCCO4)ccc12. The zero-order valence-corrected chi connectivity index (χ0v) is 15.5. The molecule has 0 unspecified atom stereocenters. The van der Waals surface area contributed by atoms with Gasteiger partial charge in [0.25, 0.3) is 0 Å². The van der Waals surface area contributed by atoms with Crippen LogP contribution in [0.4, 0.5) is 0 Å². The molecule has 1 aromatic heterocycles. The molecule has 0 fully saturated rings. The first-order chi connectivity index (χ1) is 13.6. The van der Waals surface area contributed by atoms with Crippen molar-refractivity contribution in [1.29, 1.82) is 0 Å². The topological polar surface area (TPSA) is 75.0 Å². The summed E-state index contributed by atoms with van der Waals surface area (Å²) in [5.74, 6) is 1.50. The number of benzene rings is 2. The molecule has 28 heavy (non-hydrogen) atoms. The molecule has 0 aliphatic carbocycles. The molecule has 0 saturated heterocycles. The lowest BCUT2D eigenvalue weighted by Gasteiger charge is -2.10. The Balaban J connectivity index is 1.50. The van der Waals surface area contributed by atoms with E-state index in [1.54, 1.807) is 30.3 Å². The number of fused-ring (bicyclic) bond motifs is 2. The summed E-state index contributed by atoms with van der Waals surface area (Å²) in [6.45, 7) is 3.00. The highest BCUT2D eigenvalue weighted by Gasteiger charge is 2.15. The van der Waals surface area contributed by atoms with Crippen molar-refractivity contribution in [2.45, 2.75) is 19.8 Å². The highest BCUT2D eigenvalue weighted by Crippen LogP contribution is 2.30. The van der Waals surface area contributed by atoms with Gasteiger partial charge in [0, 0.05) is 29.5 Å². The molecule has 0 atom stereocenters. The molecule has 3 aromatic rings. The molecule has 0 amide bonds. The number of carbonyl (C=O) groups is 1. The zero-order valence-electron chi connectivity index (χ0n) is 15.5. The molecule has 6 nitrogen and oxygen atoms in total. The first-order valence-corrected chi connectivity index (χ1v) is 9.26. The van der Waals surface area contributed by atoms with E-state index in [-0.39, 0.29) is 12.4 Å². The summed E-state index contributed by atoms with van der Waals surface area (Å²) in [7, 11) is 0. The fraction of sp³-hybridized carbons (Fsp3) is 0.273.